The molecular weight excluding hydrogens is 206 g/mol. The Balaban J connectivity index is 2.33. The maximum absolute atomic E-state index is 11.3. The minimum atomic E-state index is -0.136. The number of nitrogens with zero attached hydrogens (tertiary/aromatic N) is 1. The lowest BCUT2D eigenvalue weighted by molar-refractivity contribution is -0.143. The molecule has 0 aromatic rings. The number of aliphatic hydroxyl groups excluding tert-OH is 1. The number of carbonyl (C=O) groups is 1. The largest absolute Gasteiger partial charge is 0.466 e. The highest BCUT2D eigenvalue weighted by Crippen LogP contribution is 2.16. The highest BCUT2D eigenvalue weighted by molar-refractivity contribution is 5.69. The van der Waals surface area contributed by atoms with Crippen molar-refractivity contribution >= 4 is 5.97 Å². The lowest BCUT2D eigenvalue weighted by Crippen LogP contribution is -2.38. The summed E-state index contributed by atoms with van der Waals surface area (Å²) in [5.41, 5.74) is 0. The van der Waals surface area contributed by atoms with Gasteiger partial charge in [0.15, 0.2) is 0 Å². The fourth-order valence-corrected chi connectivity index (χ4v) is 2.21. The summed E-state index contributed by atoms with van der Waals surface area (Å²) in [6.45, 7) is 4.17. The van der Waals surface area contributed by atoms with Crippen molar-refractivity contribution in [2.75, 3.05) is 26.3 Å². The van der Waals surface area contributed by atoms with Gasteiger partial charge >= 0.3 is 5.97 Å². The molecule has 94 valence electrons. The Bertz CT molecular complexity index is 208. The van der Waals surface area contributed by atoms with Gasteiger partial charge in [-0.1, -0.05) is 12.8 Å². The van der Waals surface area contributed by atoms with Gasteiger partial charge in [0, 0.05) is 12.6 Å². The first-order chi connectivity index (χ1) is 7.77. The minimum absolute atomic E-state index is 0.136. The zero-order valence-electron chi connectivity index (χ0n) is 10.2. The second kappa shape index (κ2) is 7.63. The Morgan fingerprint density at radius 3 is 2.94 bits per heavy atom. The molecule has 1 aliphatic rings. The average molecular weight is 229 g/mol. The molecule has 1 atom stereocenters. The van der Waals surface area contributed by atoms with Gasteiger partial charge in [0.1, 0.15) is 0 Å². The number of aliphatic hydroxyl groups is 1. The molecule has 16 heavy (non-hydrogen) atoms. The minimum Gasteiger partial charge on any atom is -0.466 e. The number of likely N-dealkylation sites (tertiary alicyclic amines) is 1. The van der Waals surface area contributed by atoms with Crippen molar-refractivity contribution in [3.05, 3.63) is 0 Å². The van der Waals surface area contributed by atoms with E-state index in [4.69, 9.17) is 4.74 Å². The van der Waals surface area contributed by atoms with Gasteiger partial charge in [-0.15, -0.1) is 0 Å². The maximum Gasteiger partial charge on any atom is 0.307 e. The van der Waals surface area contributed by atoms with Crippen molar-refractivity contribution in [2.45, 2.75) is 45.1 Å². The molecule has 1 heterocycles. The summed E-state index contributed by atoms with van der Waals surface area (Å²) in [5.74, 6) is -0.136. The van der Waals surface area contributed by atoms with Crippen LogP contribution in [0.1, 0.15) is 39.0 Å². The third kappa shape index (κ3) is 4.49. The van der Waals surface area contributed by atoms with Crippen LogP contribution >= 0.6 is 0 Å². The Morgan fingerprint density at radius 2 is 2.25 bits per heavy atom. The highest BCUT2D eigenvalue weighted by atomic mass is 16.5. The summed E-state index contributed by atoms with van der Waals surface area (Å²) < 4.78 is 4.90. The van der Waals surface area contributed by atoms with Crippen molar-refractivity contribution in [1.29, 1.82) is 0 Å². The van der Waals surface area contributed by atoms with Gasteiger partial charge in [-0.2, -0.15) is 0 Å². The van der Waals surface area contributed by atoms with Gasteiger partial charge in [-0.25, -0.2) is 0 Å². The van der Waals surface area contributed by atoms with Gasteiger partial charge < -0.3 is 9.84 Å². The van der Waals surface area contributed by atoms with E-state index in [0.29, 0.717) is 19.6 Å². The van der Waals surface area contributed by atoms with Crippen LogP contribution in [0, 0.1) is 0 Å². The van der Waals surface area contributed by atoms with Gasteiger partial charge in [0.2, 0.25) is 0 Å². The van der Waals surface area contributed by atoms with Crippen LogP contribution < -0.4 is 0 Å². The van der Waals surface area contributed by atoms with E-state index in [2.05, 4.69) is 4.90 Å². The molecule has 1 rings (SSSR count). The van der Waals surface area contributed by atoms with Crippen molar-refractivity contribution in [3.63, 3.8) is 0 Å². The van der Waals surface area contributed by atoms with E-state index in [-0.39, 0.29) is 18.6 Å². The first-order valence-electron chi connectivity index (χ1n) is 6.28. The van der Waals surface area contributed by atoms with Crippen LogP contribution in [0.5, 0.6) is 0 Å². The van der Waals surface area contributed by atoms with Gasteiger partial charge in [0.05, 0.1) is 19.6 Å². The fraction of sp³-hybridized carbons (Fsp3) is 0.917. The van der Waals surface area contributed by atoms with Crippen molar-refractivity contribution < 1.29 is 14.6 Å². The molecule has 0 saturated carbocycles. The Hall–Kier alpha value is -0.610. The average Bonchev–Trinajstić information content (AvgIpc) is 2.51. The molecule has 1 unspecified atom stereocenters. The summed E-state index contributed by atoms with van der Waals surface area (Å²) in [6, 6.07) is 0.233. The fourth-order valence-electron chi connectivity index (χ4n) is 2.21. The van der Waals surface area contributed by atoms with E-state index in [1.165, 1.54) is 19.3 Å². The predicted octanol–water partition coefficient (Wildman–Crippen LogP) is 1.18. The molecule has 0 bridgehead atoms. The van der Waals surface area contributed by atoms with Crippen LogP contribution in [0.15, 0.2) is 0 Å². The number of esters is 1. The topological polar surface area (TPSA) is 49.8 Å². The second-order valence-corrected chi connectivity index (χ2v) is 4.28. The summed E-state index contributed by atoms with van der Waals surface area (Å²) in [4.78, 5) is 13.5. The number of ether oxygens (including phenoxy) is 1. The zero-order valence-corrected chi connectivity index (χ0v) is 10.2. The first-order valence-corrected chi connectivity index (χ1v) is 6.28. The molecule has 1 fully saturated rings. The molecule has 0 aliphatic carbocycles. The van der Waals surface area contributed by atoms with Crippen LogP contribution in [0.3, 0.4) is 0 Å². The summed E-state index contributed by atoms with van der Waals surface area (Å²) >= 11 is 0. The number of hydrogen-bond acceptors (Lipinski definition) is 4. The first kappa shape index (κ1) is 13.5. The van der Waals surface area contributed by atoms with E-state index in [0.717, 1.165) is 13.0 Å². The molecule has 0 spiro atoms. The standard InChI is InChI=1S/C12H23NO3/c1-2-16-12(15)7-9-13-8-5-3-4-6-11(13)10-14/h11,14H,2-10H2,1H3. The Morgan fingerprint density at radius 1 is 1.44 bits per heavy atom. The lowest BCUT2D eigenvalue weighted by Gasteiger charge is -2.27. The molecule has 4 heteroatoms. The molecule has 1 saturated heterocycles. The monoisotopic (exact) mass is 229 g/mol. The molecule has 4 nitrogen and oxygen atoms in total. The van der Waals surface area contributed by atoms with Gasteiger partial charge in [0.25, 0.3) is 0 Å². The van der Waals surface area contributed by atoms with E-state index < -0.39 is 0 Å². The molecular formula is C12H23NO3. The van der Waals surface area contributed by atoms with E-state index in [9.17, 15) is 9.90 Å². The molecule has 0 amide bonds. The third-order valence-electron chi connectivity index (χ3n) is 3.12. The lowest BCUT2D eigenvalue weighted by atomic mass is 10.1. The van der Waals surface area contributed by atoms with E-state index in [1.54, 1.807) is 0 Å². The Kier molecular flexibility index (Phi) is 6.42. The quantitative estimate of drug-likeness (QED) is 0.719. The van der Waals surface area contributed by atoms with Crippen LogP contribution in [0.25, 0.3) is 0 Å². The van der Waals surface area contributed by atoms with Gasteiger partial charge in [-0.05, 0) is 26.3 Å². The number of hydrogen-bond donors (Lipinski definition) is 1. The molecule has 0 aromatic carbocycles. The molecule has 0 radical (unpaired) electrons. The number of rotatable bonds is 5. The predicted molar refractivity (Wildman–Crippen MR) is 62.2 cm³/mol. The zero-order chi connectivity index (χ0) is 11.8. The van der Waals surface area contributed by atoms with Crippen LogP contribution in [0.4, 0.5) is 0 Å². The summed E-state index contributed by atoms with van der Waals surface area (Å²) in [5, 5.41) is 9.30. The Labute approximate surface area is 97.6 Å². The normalized spacial score (nSPS) is 22.8. The highest BCUT2D eigenvalue weighted by Gasteiger charge is 2.20. The van der Waals surface area contributed by atoms with Crippen LogP contribution in [-0.2, 0) is 9.53 Å². The second-order valence-electron chi connectivity index (χ2n) is 4.28. The summed E-state index contributed by atoms with van der Waals surface area (Å²) in [7, 11) is 0. The van der Waals surface area contributed by atoms with Crippen LogP contribution in [-0.4, -0.2) is 48.3 Å². The number of carbonyl (C=O) groups excluding carboxylic acids is 1. The SMILES string of the molecule is CCOC(=O)CCN1CCCCCC1CO. The third-order valence-corrected chi connectivity index (χ3v) is 3.12. The van der Waals surface area contributed by atoms with Crippen LogP contribution in [0.2, 0.25) is 0 Å². The van der Waals surface area contributed by atoms with Gasteiger partial charge in [-0.3, -0.25) is 9.69 Å². The molecule has 0 aromatic heterocycles. The summed E-state index contributed by atoms with van der Waals surface area (Å²) in [6.07, 6.45) is 5.05. The smallest absolute Gasteiger partial charge is 0.307 e. The van der Waals surface area contributed by atoms with Crippen molar-refractivity contribution in [1.82, 2.24) is 4.90 Å². The van der Waals surface area contributed by atoms with E-state index in [1.807, 2.05) is 6.92 Å². The van der Waals surface area contributed by atoms with Crippen molar-refractivity contribution in [3.8, 4) is 0 Å². The molecule has 1 aliphatic heterocycles. The maximum atomic E-state index is 11.3. The van der Waals surface area contributed by atoms with E-state index >= 15 is 0 Å². The molecule has 1 N–H and O–H groups in total. The van der Waals surface area contributed by atoms with Crippen molar-refractivity contribution in [2.24, 2.45) is 0 Å².